The molecule has 1 atom stereocenters. The second-order valence-electron chi connectivity index (χ2n) is 5.58. The molecular formula is C18H25FN2S. The molecule has 2 aromatic rings. The van der Waals surface area contributed by atoms with E-state index in [-0.39, 0.29) is 5.82 Å². The van der Waals surface area contributed by atoms with E-state index in [0.29, 0.717) is 5.25 Å². The molecule has 0 aliphatic heterocycles. The SMILES string of the molecule is CCCCCCCSC(Cn1ccnc1)c1ccc(F)cc1. The lowest BCUT2D eigenvalue weighted by atomic mass is 10.1. The van der Waals surface area contributed by atoms with E-state index >= 15 is 0 Å². The van der Waals surface area contributed by atoms with E-state index in [2.05, 4.69) is 16.5 Å². The molecule has 0 N–H and O–H groups in total. The van der Waals surface area contributed by atoms with Crippen molar-refractivity contribution in [2.75, 3.05) is 5.75 Å². The first-order valence-corrected chi connectivity index (χ1v) is 9.17. The summed E-state index contributed by atoms with van der Waals surface area (Å²) >= 11 is 1.97. The van der Waals surface area contributed by atoms with Crippen LogP contribution in [0.2, 0.25) is 0 Å². The second-order valence-corrected chi connectivity index (χ2v) is 6.90. The van der Waals surface area contributed by atoms with Crippen LogP contribution in [0.15, 0.2) is 43.0 Å². The van der Waals surface area contributed by atoms with Gasteiger partial charge in [-0.3, -0.25) is 0 Å². The molecule has 0 amide bonds. The van der Waals surface area contributed by atoms with E-state index in [1.807, 2.05) is 36.4 Å². The van der Waals surface area contributed by atoms with E-state index < -0.39 is 0 Å². The van der Waals surface area contributed by atoms with Crippen LogP contribution in [0, 0.1) is 5.82 Å². The van der Waals surface area contributed by atoms with Crippen LogP contribution in [0.25, 0.3) is 0 Å². The molecule has 0 spiro atoms. The van der Waals surface area contributed by atoms with E-state index in [0.717, 1.165) is 12.3 Å². The van der Waals surface area contributed by atoms with Crippen LogP contribution in [0.5, 0.6) is 0 Å². The van der Waals surface area contributed by atoms with Crippen molar-refractivity contribution in [2.45, 2.75) is 50.8 Å². The van der Waals surface area contributed by atoms with Gasteiger partial charge in [-0.1, -0.05) is 44.7 Å². The molecule has 0 aliphatic rings. The Balaban J connectivity index is 1.88. The van der Waals surface area contributed by atoms with Crippen LogP contribution < -0.4 is 0 Å². The summed E-state index contributed by atoms with van der Waals surface area (Å²) in [6.07, 6.45) is 12.1. The zero-order valence-corrected chi connectivity index (χ0v) is 14.1. The number of rotatable bonds is 10. The molecule has 4 heteroatoms. The normalized spacial score (nSPS) is 12.5. The molecule has 0 saturated heterocycles. The maximum Gasteiger partial charge on any atom is 0.123 e. The van der Waals surface area contributed by atoms with Gasteiger partial charge < -0.3 is 4.57 Å². The van der Waals surface area contributed by atoms with Gasteiger partial charge in [0.25, 0.3) is 0 Å². The summed E-state index contributed by atoms with van der Waals surface area (Å²) < 4.78 is 15.2. The first-order valence-electron chi connectivity index (χ1n) is 8.12. The van der Waals surface area contributed by atoms with Crippen LogP contribution in [-0.4, -0.2) is 15.3 Å². The summed E-state index contributed by atoms with van der Waals surface area (Å²) in [7, 11) is 0. The van der Waals surface area contributed by atoms with Crippen molar-refractivity contribution in [3.63, 3.8) is 0 Å². The van der Waals surface area contributed by atoms with Crippen molar-refractivity contribution in [2.24, 2.45) is 0 Å². The van der Waals surface area contributed by atoms with E-state index in [1.165, 1.54) is 37.7 Å². The standard InChI is InChI=1S/C18H25FN2S/c1-2-3-4-5-6-13-22-18(14-21-12-11-20-15-21)16-7-9-17(19)10-8-16/h7-12,15,18H,2-6,13-14H2,1H3. The summed E-state index contributed by atoms with van der Waals surface area (Å²) in [5.74, 6) is 0.982. The number of hydrogen-bond donors (Lipinski definition) is 0. The number of halogens is 1. The zero-order valence-electron chi connectivity index (χ0n) is 13.2. The maximum absolute atomic E-state index is 13.1. The van der Waals surface area contributed by atoms with Gasteiger partial charge in [-0.25, -0.2) is 9.37 Å². The summed E-state index contributed by atoms with van der Waals surface area (Å²) in [6, 6.07) is 6.91. The van der Waals surface area contributed by atoms with Gasteiger partial charge in [-0.05, 0) is 29.9 Å². The summed E-state index contributed by atoms with van der Waals surface area (Å²) in [5, 5.41) is 0.348. The number of hydrogen-bond acceptors (Lipinski definition) is 2. The first kappa shape index (κ1) is 17.1. The topological polar surface area (TPSA) is 17.8 Å². The molecule has 0 aliphatic carbocycles. The van der Waals surface area contributed by atoms with Crippen LogP contribution in [0.4, 0.5) is 4.39 Å². The molecule has 2 nitrogen and oxygen atoms in total. The summed E-state index contributed by atoms with van der Waals surface area (Å²) in [4.78, 5) is 4.11. The van der Waals surface area contributed by atoms with E-state index in [9.17, 15) is 4.39 Å². The first-order chi connectivity index (χ1) is 10.8. The lowest BCUT2D eigenvalue weighted by Gasteiger charge is -2.18. The zero-order chi connectivity index (χ0) is 15.6. The number of benzene rings is 1. The predicted octanol–water partition coefficient (Wildman–Crippen LogP) is 5.47. The van der Waals surface area contributed by atoms with Gasteiger partial charge in [-0.2, -0.15) is 11.8 Å². The Kier molecular flexibility index (Phi) is 7.50. The van der Waals surface area contributed by atoms with Crippen molar-refractivity contribution in [3.05, 3.63) is 54.4 Å². The summed E-state index contributed by atoms with van der Waals surface area (Å²) in [6.45, 7) is 3.12. The third kappa shape index (κ3) is 5.84. The lowest BCUT2D eigenvalue weighted by Crippen LogP contribution is -2.06. The van der Waals surface area contributed by atoms with Gasteiger partial charge in [0.1, 0.15) is 5.82 Å². The molecule has 0 bridgehead atoms. The van der Waals surface area contributed by atoms with Crippen LogP contribution >= 0.6 is 11.8 Å². The molecule has 1 aromatic heterocycles. The average molecular weight is 320 g/mol. The van der Waals surface area contributed by atoms with E-state index in [4.69, 9.17) is 0 Å². The lowest BCUT2D eigenvalue weighted by molar-refractivity contribution is 0.624. The molecule has 0 radical (unpaired) electrons. The van der Waals surface area contributed by atoms with Gasteiger partial charge >= 0.3 is 0 Å². The van der Waals surface area contributed by atoms with Crippen molar-refractivity contribution >= 4 is 11.8 Å². The van der Waals surface area contributed by atoms with Gasteiger partial charge in [0.2, 0.25) is 0 Å². The Morgan fingerprint density at radius 3 is 2.59 bits per heavy atom. The number of thioether (sulfide) groups is 1. The molecule has 0 saturated carbocycles. The van der Waals surface area contributed by atoms with Crippen molar-refractivity contribution in [3.8, 4) is 0 Å². The molecule has 2 rings (SSSR count). The maximum atomic E-state index is 13.1. The average Bonchev–Trinajstić information content (AvgIpc) is 3.03. The smallest absolute Gasteiger partial charge is 0.123 e. The highest BCUT2D eigenvalue weighted by atomic mass is 32.2. The Morgan fingerprint density at radius 1 is 1.14 bits per heavy atom. The van der Waals surface area contributed by atoms with Crippen molar-refractivity contribution < 1.29 is 4.39 Å². The Hall–Kier alpha value is -1.29. The Labute approximate surface area is 137 Å². The van der Waals surface area contributed by atoms with Crippen LogP contribution in [0.3, 0.4) is 0 Å². The van der Waals surface area contributed by atoms with Gasteiger partial charge in [0, 0.05) is 24.2 Å². The van der Waals surface area contributed by atoms with Gasteiger partial charge in [0.05, 0.1) is 6.33 Å². The molecular weight excluding hydrogens is 295 g/mol. The van der Waals surface area contributed by atoms with Crippen molar-refractivity contribution in [1.82, 2.24) is 9.55 Å². The highest BCUT2D eigenvalue weighted by Gasteiger charge is 2.13. The molecule has 1 aromatic carbocycles. The number of aromatic nitrogens is 2. The molecule has 22 heavy (non-hydrogen) atoms. The minimum atomic E-state index is -0.172. The Bertz CT molecular complexity index is 510. The van der Waals surface area contributed by atoms with Crippen molar-refractivity contribution in [1.29, 1.82) is 0 Å². The quantitative estimate of drug-likeness (QED) is 0.540. The highest BCUT2D eigenvalue weighted by molar-refractivity contribution is 7.99. The van der Waals surface area contributed by atoms with Gasteiger partial charge in [-0.15, -0.1) is 0 Å². The molecule has 0 fully saturated rings. The number of imidazole rings is 1. The molecule has 120 valence electrons. The largest absolute Gasteiger partial charge is 0.336 e. The fraction of sp³-hybridized carbons (Fsp3) is 0.500. The van der Waals surface area contributed by atoms with Crippen LogP contribution in [0.1, 0.15) is 49.8 Å². The predicted molar refractivity (Wildman–Crippen MR) is 92.6 cm³/mol. The van der Waals surface area contributed by atoms with Gasteiger partial charge in [0.15, 0.2) is 0 Å². The monoisotopic (exact) mass is 320 g/mol. The fourth-order valence-electron chi connectivity index (χ4n) is 2.45. The van der Waals surface area contributed by atoms with E-state index in [1.54, 1.807) is 18.3 Å². The Morgan fingerprint density at radius 2 is 1.91 bits per heavy atom. The number of unbranched alkanes of at least 4 members (excludes halogenated alkanes) is 4. The van der Waals surface area contributed by atoms with Crippen LogP contribution in [-0.2, 0) is 6.54 Å². The third-order valence-electron chi connectivity index (χ3n) is 3.74. The second kappa shape index (κ2) is 9.67. The minimum Gasteiger partial charge on any atom is -0.336 e. The summed E-state index contributed by atoms with van der Waals surface area (Å²) in [5.41, 5.74) is 1.19. The third-order valence-corrected chi connectivity index (χ3v) is 5.09. The number of nitrogens with zero attached hydrogens (tertiary/aromatic N) is 2. The fourth-order valence-corrected chi connectivity index (χ4v) is 3.73. The molecule has 1 heterocycles. The molecule has 1 unspecified atom stereocenters. The highest BCUT2D eigenvalue weighted by Crippen LogP contribution is 2.31. The minimum absolute atomic E-state index is 0.172.